The monoisotopic (exact) mass is 307 g/mol. The van der Waals surface area contributed by atoms with Gasteiger partial charge in [0.25, 0.3) is 0 Å². The lowest BCUT2D eigenvalue weighted by molar-refractivity contribution is 0.171. The van der Waals surface area contributed by atoms with Crippen LogP contribution >= 0.6 is 11.8 Å². The van der Waals surface area contributed by atoms with E-state index in [-0.39, 0.29) is 6.61 Å². The number of aromatic nitrogens is 3. The second kappa shape index (κ2) is 6.82. The molecule has 1 aromatic heterocycles. The van der Waals surface area contributed by atoms with Crippen LogP contribution in [0.1, 0.15) is 5.82 Å². The number of aliphatic hydroxyl groups excluding tert-OH is 1. The average molecular weight is 307 g/mol. The zero-order valence-corrected chi connectivity index (χ0v) is 12.4. The maximum Gasteiger partial charge on any atom is 0.162 e. The Bertz CT molecular complexity index is 603. The number of thioether (sulfide) groups is 1. The molecule has 0 bridgehead atoms. The van der Waals surface area contributed by atoms with Crippen molar-refractivity contribution in [2.24, 2.45) is 0 Å². The zero-order chi connectivity index (χ0) is 14.5. The number of rotatable bonds is 6. The molecule has 0 unspecified atom stereocenters. The van der Waals surface area contributed by atoms with Crippen LogP contribution in [0, 0.1) is 0 Å². The maximum atomic E-state index is 8.96. The highest BCUT2D eigenvalue weighted by atomic mass is 32.2. The van der Waals surface area contributed by atoms with Crippen molar-refractivity contribution in [1.29, 1.82) is 0 Å². The topological polar surface area (TPSA) is 69.4 Å². The van der Waals surface area contributed by atoms with E-state index in [1.54, 1.807) is 16.4 Å². The molecule has 112 valence electrons. The van der Waals surface area contributed by atoms with E-state index in [0.717, 1.165) is 34.4 Å². The number of benzene rings is 1. The lowest BCUT2D eigenvalue weighted by Crippen LogP contribution is -2.15. The van der Waals surface area contributed by atoms with E-state index >= 15 is 0 Å². The van der Waals surface area contributed by atoms with Gasteiger partial charge >= 0.3 is 0 Å². The minimum atomic E-state index is 0.0751. The Morgan fingerprint density at radius 2 is 2.10 bits per heavy atom. The second-order valence-electron chi connectivity index (χ2n) is 4.53. The number of aryl methyl sites for hydroxylation is 1. The summed E-state index contributed by atoms with van der Waals surface area (Å²) in [5.74, 6) is 3.42. The summed E-state index contributed by atoms with van der Waals surface area (Å²) in [7, 11) is 0. The first-order valence-corrected chi connectivity index (χ1v) is 7.85. The van der Waals surface area contributed by atoms with Gasteiger partial charge in [-0.05, 0) is 18.2 Å². The van der Waals surface area contributed by atoms with E-state index in [4.69, 9.17) is 14.6 Å². The third-order valence-corrected chi connectivity index (χ3v) is 4.11. The molecule has 0 amide bonds. The normalized spacial score (nSPS) is 13.4. The summed E-state index contributed by atoms with van der Waals surface area (Å²) in [5, 5.41) is 13.0. The molecular weight excluding hydrogens is 290 g/mol. The number of hydrogen-bond acceptors (Lipinski definition) is 6. The Labute approximate surface area is 127 Å². The van der Waals surface area contributed by atoms with E-state index in [2.05, 4.69) is 10.1 Å². The van der Waals surface area contributed by atoms with Crippen LogP contribution in [-0.2, 0) is 13.0 Å². The van der Waals surface area contributed by atoms with Crippen molar-refractivity contribution in [3.05, 3.63) is 30.4 Å². The van der Waals surface area contributed by atoms with Crippen LogP contribution in [0.2, 0.25) is 0 Å². The van der Waals surface area contributed by atoms with Crippen LogP contribution in [0.15, 0.2) is 29.4 Å². The highest BCUT2D eigenvalue weighted by Crippen LogP contribution is 2.34. The van der Waals surface area contributed by atoms with Gasteiger partial charge in [-0.15, -0.1) is 11.8 Å². The van der Waals surface area contributed by atoms with Gasteiger partial charge in [-0.25, -0.2) is 9.67 Å². The summed E-state index contributed by atoms with van der Waals surface area (Å²) in [5.41, 5.74) is 0. The standard InChI is InChI=1S/C14H17N3O3S/c18-5-4-17-14(15-10-16-17)3-8-21-11-1-2-12-13(9-11)20-7-6-19-12/h1-2,9-10,18H,3-8H2. The average Bonchev–Trinajstić information content (AvgIpc) is 2.95. The first-order chi connectivity index (χ1) is 10.4. The molecule has 0 spiro atoms. The predicted molar refractivity (Wildman–Crippen MR) is 79.0 cm³/mol. The Morgan fingerprint density at radius 1 is 1.24 bits per heavy atom. The van der Waals surface area contributed by atoms with E-state index in [1.165, 1.54) is 6.33 Å². The molecule has 0 saturated carbocycles. The number of fused-ring (bicyclic) bond motifs is 1. The van der Waals surface area contributed by atoms with Gasteiger partial charge in [0.1, 0.15) is 25.4 Å². The molecular formula is C14H17N3O3S. The summed E-state index contributed by atoms with van der Waals surface area (Å²) < 4.78 is 12.8. The van der Waals surface area contributed by atoms with E-state index in [1.807, 2.05) is 18.2 Å². The molecule has 1 aromatic carbocycles. The minimum absolute atomic E-state index is 0.0751. The molecule has 0 saturated heterocycles. The molecule has 0 fully saturated rings. The molecule has 7 heteroatoms. The summed E-state index contributed by atoms with van der Waals surface area (Å²) in [4.78, 5) is 5.36. The van der Waals surface area contributed by atoms with E-state index in [0.29, 0.717) is 19.8 Å². The van der Waals surface area contributed by atoms with Crippen molar-refractivity contribution < 1.29 is 14.6 Å². The van der Waals surface area contributed by atoms with Gasteiger partial charge in [0.15, 0.2) is 11.5 Å². The zero-order valence-electron chi connectivity index (χ0n) is 11.6. The van der Waals surface area contributed by atoms with Crippen LogP contribution in [0.4, 0.5) is 0 Å². The Hall–Kier alpha value is -1.73. The van der Waals surface area contributed by atoms with E-state index < -0.39 is 0 Å². The second-order valence-corrected chi connectivity index (χ2v) is 5.70. The molecule has 1 aliphatic rings. The van der Waals surface area contributed by atoms with Crippen LogP contribution in [0.5, 0.6) is 11.5 Å². The van der Waals surface area contributed by atoms with Crippen LogP contribution in [0.3, 0.4) is 0 Å². The first-order valence-electron chi connectivity index (χ1n) is 6.87. The molecule has 3 rings (SSSR count). The predicted octanol–water partition coefficient (Wildman–Crippen LogP) is 1.38. The molecule has 2 aromatic rings. The first kappa shape index (κ1) is 14.2. The van der Waals surface area contributed by atoms with Crippen molar-refractivity contribution in [1.82, 2.24) is 14.8 Å². The molecule has 1 N–H and O–H groups in total. The van der Waals surface area contributed by atoms with E-state index in [9.17, 15) is 0 Å². The molecule has 0 aliphatic carbocycles. The summed E-state index contributed by atoms with van der Waals surface area (Å²) in [6.07, 6.45) is 2.33. The van der Waals surface area contributed by atoms with Crippen molar-refractivity contribution in [2.75, 3.05) is 25.6 Å². The number of nitrogens with zero attached hydrogens (tertiary/aromatic N) is 3. The molecule has 0 radical (unpaired) electrons. The highest BCUT2D eigenvalue weighted by molar-refractivity contribution is 7.99. The molecule has 1 aliphatic heterocycles. The van der Waals surface area contributed by atoms with Gasteiger partial charge < -0.3 is 14.6 Å². The third kappa shape index (κ3) is 3.48. The van der Waals surface area contributed by atoms with Crippen LogP contribution in [0.25, 0.3) is 0 Å². The molecule has 2 heterocycles. The summed E-state index contributed by atoms with van der Waals surface area (Å²) in [6, 6.07) is 6.00. The third-order valence-electron chi connectivity index (χ3n) is 3.12. The van der Waals surface area contributed by atoms with Crippen LogP contribution < -0.4 is 9.47 Å². The van der Waals surface area contributed by atoms with Crippen LogP contribution in [-0.4, -0.2) is 45.4 Å². The minimum Gasteiger partial charge on any atom is -0.486 e. The Balaban J connectivity index is 1.56. The maximum absolute atomic E-state index is 8.96. The summed E-state index contributed by atoms with van der Waals surface area (Å²) in [6.45, 7) is 1.78. The smallest absolute Gasteiger partial charge is 0.162 e. The van der Waals surface area contributed by atoms with Gasteiger partial charge in [0, 0.05) is 17.1 Å². The molecule has 0 atom stereocenters. The number of aliphatic hydroxyl groups is 1. The van der Waals surface area contributed by atoms with Crippen molar-refractivity contribution >= 4 is 11.8 Å². The largest absolute Gasteiger partial charge is 0.486 e. The highest BCUT2D eigenvalue weighted by Gasteiger charge is 2.12. The lowest BCUT2D eigenvalue weighted by atomic mass is 10.3. The SMILES string of the molecule is OCCn1ncnc1CCSc1ccc2c(c1)OCCO2. The van der Waals surface area contributed by atoms with Crippen molar-refractivity contribution in [3.8, 4) is 11.5 Å². The quantitative estimate of drug-likeness (QED) is 0.813. The molecule has 6 nitrogen and oxygen atoms in total. The van der Waals surface area contributed by atoms with Gasteiger partial charge in [0.05, 0.1) is 13.2 Å². The lowest BCUT2D eigenvalue weighted by Gasteiger charge is -2.18. The Morgan fingerprint density at radius 3 is 2.95 bits per heavy atom. The van der Waals surface area contributed by atoms with Gasteiger partial charge in [0.2, 0.25) is 0 Å². The number of hydrogen-bond donors (Lipinski definition) is 1. The van der Waals surface area contributed by atoms with Crippen molar-refractivity contribution in [3.63, 3.8) is 0 Å². The van der Waals surface area contributed by atoms with Crippen molar-refractivity contribution in [2.45, 2.75) is 17.9 Å². The fourth-order valence-electron chi connectivity index (χ4n) is 2.14. The summed E-state index contributed by atoms with van der Waals surface area (Å²) >= 11 is 1.74. The fourth-order valence-corrected chi connectivity index (χ4v) is 3.01. The van der Waals surface area contributed by atoms with Gasteiger partial charge in [-0.2, -0.15) is 5.10 Å². The number of ether oxygens (including phenoxy) is 2. The van der Waals surface area contributed by atoms with Gasteiger partial charge in [-0.1, -0.05) is 0 Å². The fraction of sp³-hybridized carbons (Fsp3) is 0.429. The Kier molecular flexibility index (Phi) is 4.62. The van der Waals surface area contributed by atoms with Gasteiger partial charge in [-0.3, -0.25) is 0 Å². The molecule has 21 heavy (non-hydrogen) atoms.